The molecule has 112 valence electrons. The number of benzene rings is 2. The van der Waals surface area contributed by atoms with E-state index in [0.29, 0.717) is 10.8 Å². The Morgan fingerprint density at radius 1 is 1.32 bits per heavy atom. The van der Waals surface area contributed by atoms with E-state index in [4.69, 9.17) is 5.11 Å². The number of nitrogens with zero attached hydrogens (tertiary/aromatic N) is 1. The molecule has 0 aliphatic rings. The van der Waals surface area contributed by atoms with Crippen LogP contribution in [-0.4, -0.2) is 16.1 Å². The quantitative estimate of drug-likeness (QED) is 0.747. The number of carboxylic acid groups (broad SMARTS) is 1. The summed E-state index contributed by atoms with van der Waals surface area (Å²) in [5.41, 5.74) is 2.27. The van der Waals surface area contributed by atoms with Gasteiger partial charge in [-0.05, 0) is 42.3 Å². The fourth-order valence-electron chi connectivity index (χ4n) is 2.16. The maximum absolute atomic E-state index is 13.2. The fraction of sp³-hybridized carbons (Fsp3) is 0.125. The molecule has 3 rings (SSSR count). The van der Waals surface area contributed by atoms with Crippen LogP contribution in [0.3, 0.4) is 0 Å². The number of carbonyl (C=O) groups is 1. The zero-order chi connectivity index (χ0) is 15.7. The molecule has 0 spiro atoms. The number of halogens is 1. The highest BCUT2D eigenvalue weighted by Gasteiger charge is 2.13. The second kappa shape index (κ2) is 5.73. The van der Waals surface area contributed by atoms with Crippen molar-refractivity contribution < 1.29 is 14.3 Å². The number of fused-ring (bicyclic) bond motifs is 1. The van der Waals surface area contributed by atoms with E-state index in [1.165, 1.54) is 29.0 Å². The van der Waals surface area contributed by atoms with Crippen LogP contribution in [0.1, 0.15) is 22.8 Å². The van der Waals surface area contributed by atoms with Crippen molar-refractivity contribution in [3.63, 3.8) is 0 Å². The fourth-order valence-corrected chi connectivity index (χ4v) is 3.10. The molecule has 22 heavy (non-hydrogen) atoms. The van der Waals surface area contributed by atoms with Gasteiger partial charge in [-0.1, -0.05) is 24.3 Å². The molecule has 0 amide bonds. The first-order valence-electron chi connectivity index (χ1n) is 6.76. The van der Waals surface area contributed by atoms with Crippen molar-refractivity contribution in [2.45, 2.75) is 13.3 Å². The Bertz CT molecular complexity index is 860. The van der Waals surface area contributed by atoms with Crippen molar-refractivity contribution in [2.24, 2.45) is 0 Å². The number of hydrogen-bond acceptors (Lipinski definition) is 4. The Morgan fingerprint density at radius 3 is 2.86 bits per heavy atom. The number of nitrogens with one attached hydrogen (secondary N) is 1. The molecular weight excluding hydrogens is 303 g/mol. The minimum Gasteiger partial charge on any atom is -0.478 e. The van der Waals surface area contributed by atoms with Crippen LogP contribution in [0.25, 0.3) is 10.2 Å². The maximum atomic E-state index is 13.2. The molecule has 0 saturated carbocycles. The molecule has 0 bridgehead atoms. The van der Waals surface area contributed by atoms with Gasteiger partial charge < -0.3 is 10.4 Å². The molecule has 0 aliphatic heterocycles. The summed E-state index contributed by atoms with van der Waals surface area (Å²) in [5, 5.41) is 12.7. The molecule has 0 saturated heterocycles. The standard InChI is InChI=1S/C16H13FN2O2S/c1-2-9-3-5-13-14(7-9)22-16(19-13)18-12-6-4-10(17)8-11(12)15(20)21/h3-8H,2H2,1H3,(H,18,19)(H,20,21). The molecule has 3 aromatic rings. The maximum Gasteiger partial charge on any atom is 0.337 e. The lowest BCUT2D eigenvalue weighted by molar-refractivity contribution is 0.0697. The summed E-state index contributed by atoms with van der Waals surface area (Å²) in [6, 6.07) is 9.65. The van der Waals surface area contributed by atoms with Crippen LogP contribution in [0.4, 0.5) is 15.2 Å². The monoisotopic (exact) mass is 316 g/mol. The van der Waals surface area contributed by atoms with E-state index < -0.39 is 11.8 Å². The number of rotatable bonds is 4. The molecule has 1 heterocycles. The number of carboxylic acids is 1. The van der Waals surface area contributed by atoms with Gasteiger partial charge in [-0.2, -0.15) is 0 Å². The summed E-state index contributed by atoms with van der Waals surface area (Å²) in [5.74, 6) is -1.77. The lowest BCUT2D eigenvalue weighted by Gasteiger charge is -2.06. The van der Waals surface area contributed by atoms with Gasteiger partial charge in [0.2, 0.25) is 0 Å². The van der Waals surface area contributed by atoms with E-state index in [2.05, 4.69) is 23.3 Å². The van der Waals surface area contributed by atoms with Gasteiger partial charge in [0.1, 0.15) is 5.82 Å². The van der Waals surface area contributed by atoms with Crippen molar-refractivity contribution in [1.82, 2.24) is 4.98 Å². The van der Waals surface area contributed by atoms with Crippen LogP contribution < -0.4 is 5.32 Å². The van der Waals surface area contributed by atoms with Crippen LogP contribution in [0.5, 0.6) is 0 Å². The van der Waals surface area contributed by atoms with E-state index in [1.807, 2.05) is 12.1 Å². The van der Waals surface area contributed by atoms with Crippen LogP contribution >= 0.6 is 11.3 Å². The highest BCUT2D eigenvalue weighted by Crippen LogP contribution is 2.30. The highest BCUT2D eigenvalue weighted by molar-refractivity contribution is 7.22. The number of thiazole rings is 1. The first-order valence-corrected chi connectivity index (χ1v) is 7.58. The van der Waals surface area contributed by atoms with Crippen molar-refractivity contribution in [1.29, 1.82) is 0 Å². The molecule has 0 atom stereocenters. The van der Waals surface area contributed by atoms with Crippen molar-refractivity contribution >= 4 is 38.3 Å². The molecule has 0 unspecified atom stereocenters. The van der Waals surface area contributed by atoms with Gasteiger partial charge in [0.05, 0.1) is 21.5 Å². The number of aryl methyl sites for hydroxylation is 1. The second-order valence-electron chi connectivity index (χ2n) is 4.79. The van der Waals surface area contributed by atoms with Gasteiger partial charge >= 0.3 is 5.97 Å². The average Bonchev–Trinajstić information content (AvgIpc) is 2.90. The number of aromatic nitrogens is 1. The molecule has 2 aromatic carbocycles. The van der Waals surface area contributed by atoms with E-state index in [0.717, 1.165) is 22.7 Å². The Morgan fingerprint density at radius 2 is 2.14 bits per heavy atom. The molecule has 4 nitrogen and oxygen atoms in total. The third-order valence-electron chi connectivity index (χ3n) is 3.31. The third-order valence-corrected chi connectivity index (χ3v) is 4.25. The number of anilines is 2. The van der Waals surface area contributed by atoms with Crippen molar-refractivity contribution in [3.05, 3.63) is 53.3 Å². The average molecular weight is 316 g/mol. The smallest absolute Gasteiger partial charge is 0.337 e. The summed E-state index contributed by atoms with van der Waals surface area (Å²) in [7, 11) is 0. The van der Waals surface area contributed by atoms with E-state index >= 15 is 0 Å². The second-order valence-corrected chi connectivity index (χ2v) is 5.83. The Balaban J connectivity index is 1.98. The summed E-state index contributed by atoms with van der Waals surface area (Å²) in [4.78, 5) is 15.6. The summed E-state index contributed by atoms with van der Waals surface area (Å²) in [6.45, 7) is 2.08. The lowest BCUT2D eigenvalue weighted by atomic mass is 10.2. The molecular formula is C16H13FN2O2S. The van der Waals surface area contributed by atoms with Crippen LogP contribution in [0.15, 0.2) is 36.4 Å². The molecule has 0 fully saturated rings. The van der Waals surface area contributed by atoms with Gasteiger partial charge in [0.25, 0.3) is 0 Å². The Hall–Kier alpha value is -2.47. The first kappa shape index (κ1) is 14.5. The van der Waals surface area contributed by atoms with Gasteiger partial charge in [0, 0.05) is 0 Å². The zero-order valence-electron chi connectivity index (χ0n) is 11.8. The number of aromatic carboxylic acids is 1. The molecule has 6 heteroatoms. The largest absolute Gasteiger partial charge is 0.478 e. The van der Waals surface area contributed by atoms with Gasteiger partial charge in [-0.25, -0.2) is 14.2 Å². The number of hydrogen-bond donors (Lipinski definition) is 2. The summed E-state index contributed by atoms with van der Waals surface area (Å²) in [6.07, 6.45) is 0.942. The van der Waals surface area contributed by atoms with Crippen LogP contribution in [0, 0.1) is 5.82 Å². The normalized spacial score (nSPS) is 10.8. The van der Waals surface area contributed by atoms with E-state index in [-0.39, 0.29) is 5.56 Å². The first-order chi connectivity index (χ1) is 10.6. The summed E-state index contributed by atoms with van der Waals surface area (Å²) >= 11 is 1.44. The minimum atomic E-state index is -1.18. The lowest BCUT2D eigenvalue weighted by Crippen LogP contribution is -2.03. The highest BCUT2D eigenvalue weighted by atomic mass is 32.1. The van der Waals surface area contributed by atoms with Crippen LogP contribution in [-0.2, 0) is 6.42 Å². The molecule has 0 aliphatic carbocycles. The van der Waals surface area contributed by atoms with Crippen molar-refractivity contribution in [2.75, 3.05) is 5.32 Å². The van der Waals surface area contributed by atoms with E-state index in [1.54, 1.807) is 0 Å². The molecule has 2 N–H and O–H groups in total. The van der Waals surface area contributed by atoms with Crippen molar-refractivity contribution in [3.8, 4) is 0 Å². The Kier molecular flexibility index (Phi) is 3.77. The van der Waals surface area contributed by atoms with E-state index in [9.17, 15) is 9.18 Å². The summed E-state index contributed by atoms with van der Waals surface area (Å²) < 4.78 is 14.2. The third kappa shape index (κ3) is 2.78. The predicted octanol–water partition coefficient (Wildman–Crippen LogP) is 4.44. The van der Waals surface area contributed by atoms with Gasteiger partial charge in [-0.15, -0.1) is 0 Å². The minimum absolute atomic E-state index is 0.117. The van der Waals surface area contributed by atoms with Gasteiger partial charge in [-0.3, -0.25) is 0 Å². The molecule has 1 aromatic heterocycles. The van der Waals surface area contributed by atoms with Gasteiger partial charge in [0.15, 0.2) is 5.13 Å². The van der Waals surface area contributed by atoms with Crippen LogP contribution in [0.2, 0.25) is 0 Å². The SMILES string of the molecule is CCc1ccc2nc(Nc3ccc(F)cc3C(=O)O)sc2c1. The topological polar surface area (TPSA) is 62.2 Å². The predicted molar refractivity (Wildman–Crippen MR) is 85.6 cm³/mol. The molecule has 0 radical (unpaired) electrons. The zero-order valence-corrected chi connectivity index (χ0v) is 12.6. The Labute approximate surface area is 130 Å².